The minimum atomic E-state index is -3.60. The summed E-state index contributed by atoms with van der Waals surface area (Å²) in [5.74, 6) is 0. The third kappa shape index (κ3) is 5.13. The lowest BCUT2D eigenvalue weighted by Crippen LogP contribution is -2.26. The summed E-state index contributed by atoms with van der Waals surface area (Å²) in [5, 5.41) is 29.2. The smallest absolute Gasteiger partial charge is 0.240 e. The molecule has 0 bridgehead atoms. The standard InChI is InChI=1S/C11H18N2O5S/c14-6-5-13-19(17,18)11-3-1-9(2-4-11)12-7-10(16)8-15/h1-4,10,12-16H,5-8H2. The van der Waals surface area contributed by atoms with E-state index in [9.17, 15) is 8.42 Å². The maximum Gasteiger partial charge on any atom is 0.240 e. The van der Waals surface area contributed by atoms with Crippen LogP contribution in [-0.2, 0) is 10.0 Å². The molecule has 1 atom stereocenters. The van der Waals surface area contributed by atoms with E-state index in [-0.39, 0.29) is 31.2 Å². The molecule has 0 aliphatic rings. The van der Waals surface area contributed by atoms with E-state index in [0.29, 0.717) is 5.69 Å². The Morgan fingerprint density at radius 1 is 1.16 bits per heavy atom. The monoisotopic (exact) mass is 290 g/mol. The summed E-state index contributed by atoms with van der Waals surface area (Å²) in [7, 11) is -3.60. The largest absolute Gasteiger partial charge is 0.395 e. The number of anilines is 1. The highest BCUT2D eigenvalue weighted by Crippen LogP contribution is 2.13. The fourth-order valence-corrected chi connectivity index (χ4v) is 2.34. The summed E-state index contributed by atoms with van der Waals surface area (Å²) in [5.41, 5.74) is 0.633. The summed E-state index contributed by atoms with van der Waals surface area (Å²) in [6.45, 7) is -0.473. The molecule has 7 nitrogen and oxygen atoms in total. The quantitative estimate of drug-likeness (QED) is 0.407. The van der Waals surface area contributed by atoms with Crippen molar-refractivity contribution >= 4 is 15.7 Å². The molecule has 0 saturated carbocycles. The number of hydrogen-bond acceptors (Lipinski definition) is 6. The van der Waals surface area contributed by atoms with Gasteiger partial charge in [-0.15, -0.1) is 0 Å². The first-order valence-corrected chi connectivity index (χ1v) is 7.21. The van der Waals surface area contributed by atoms with Crippen LogP contribution >= 0.6 is 0 Å². The van der Waals surface area contributed by atoms with Gasteiger partial charge >= 0.3 is 0 Å². The molecule has 0 amide bonds. The van der Waals surface area contributed by atoms with Gasteiger partial charge in [-0.25, -0.2) is 13.1 Å². The Morgan fingerprint density at radius 3 is 2.32 bits per heavy atom. The highest BCUT2D eigenvalue weighted by atomic mass is 32.2. The molecule has 5 N–H and O–H groups in total. The molecule has 108 valence electrons. The van der Waals surface area contributed by atoms with Crippen LogP contribution in [0, 0.1) is 0 Å². The molecule has 1 unspecified atom stereocenters. The summed E-state index contributed by atoms with van der Waals surface area (Å²) >= 11 is 0. The first-order valence-electron chi connectivity index (χ1n) is 5.73. The molecule has 19 heavy (non-hydrogen) atoms. The lowest BCUT2D eigenvalue weighted by Gasteiger charge is -2.11. The molecular weight excluding hydrogens is 272 g/mol. The zero-order valence-corrected chi connectivity index (χ0v) is 11.1. The van der Waals surface area contributed by atoms with E-state index in [1.807, 2.05) is 0 Å². The van der Waals surface area contributed by atoms with Gasteiger partial charge in [-0.05, 0) is 24.3 Å². The SMILES string of the molecule is O=S(=O)(NCCO)c1ccc(NCC(O)CO)cc1. The summed E-state index contributed by atoms with van der Waals surface area (Å²) in [6.07, 6.45) is -0.866. The van der Waals surface area contributed by atoms with Crippen LogP contribution in [0.15, 0.2) is 29.2 Å². The highest BCUT2D eigenvalue weighted by Gasteiger charge is 2.12. The minimum Gasteiger partial charge on any atom is -0.395 e. The van der Waals surface area contributed by atoms with E-state index in [1.54, 1.807) is 12.1 Å². The normalized spacial score (nSPS) is 13.2. The van der Waals surface area contributed by atoms with Crippen molar-refractivity contribution in [1.82, 2.24) is 4.72 Å². The Bertz CT molecular complexity index is 474. The van der Waals surface area contributed by atoms with Crippen LogP contribution in [0.25, 0.3) is 0 Å². The average Bonchev–Trinajstić information content (AvgIpc) is 2.43. The van der Waals surface area contributed by atoms with Crippen LogP contribution in [0.5, 0.6) is 0 Å². The van der Waals surface area contributed by atoms with Crippen molar-refractivity contribution in [2.24, 2.45) is 0 Å². The highest BCUT2D eigenvalue weighted by molar-refractivity contribution is 7.89. The van der Waals surface area contributed by atoms with E-state index < -0.39 is 16.1 Å². The van der Waals surface area contributed by atoms with Gasteiger partial charge < -0.3 is 20.6 Å². The Labute approximate surface area is 111 Å². The number of aliphatic hydroxyl groups is 3. The lowest BCUT2D eigenvalue weighted by atomic mass is 10.3. The zero-order chi connectivity index (χ0) is 14.3. The van der Waals surface area contributed by atoms with Crippen molar-refractivity contribution in [2.45, 2.75) is 11.0 Å². The van der Waals surface area contributed by atoms with Crippen molar-refractivity contribution in [3.05, 3.63) is 24.3 Å². The molecule has 0 radical (unpaired) electrons. The van der Waals surface area contributed by atoms with Gasteiger partial charge in [-0.2, -0.15) is 0 Å². The maximum absolute atomic E-state index is 11.7. The number of benzene rings is 1. The second-order valence-corrected chi connectivity index (χ2v) is 5.63. The van der Waals surface area contributed by atoms with Gasteiger partial charge in [0, 0.05) is 18.8 Å². The first kappa shape index (κ1) is 15.9. The summed E-state index contributed by atoms with van der Waals surface area (Å²) in [4.78, 5) is 0.0919. The van der Waals surface area contributed by atoms with Gasteiger partial charge in [0.25, 0.3) is 0 Å². The van der Waals surface area contributed by atoms with Gasteiger partial charge in [0.05, 0.1) is 24.2 Å². The number of rotatable bonds is 8. The third-order valence-electron chi connectivity index (χ3n) is 2.32. The predicted molar refractivity (Wildman–Crippen MR) is 70.3 cm³/mol. The van der Waals surface area contributed by atoms with Crippen molar-refractivity contribution in [3.63, 3.8) is 0 Å². The van der Waals surface area contributed by atoms with E-state index in [0.717, 1.165) is 0 Å². The molecule has 0 aliphatic carbocycles. The maximum atomic E-state index is 11.7. The van der Waals surface area contributed by atoms with Gasteiger partial charge in [0.2, 0.25) is 10.0 Å². The Kier molecular flexibility index (Phi) is 6.19. The topological polar surface area (TPSA) is 119 Å². The summed E-state index contributed by atoms with van der Waals surface area (Å²) in [6, 6.07) is 5.93. The van der Waals surface area contributed by atoms with Crippen molar-refractivity contribution in [1.29, 1.82) is 0 Å². The molecule has 0 aromatic heterocycles. The molecule has 0 aliphatic heterocycles. The Hall–Kier alpha value is -1.19. The number of aliphatic hydroxyl groups excluding tert-OH is 3. The van der Waals surface area contributed by atoms with Gasteiger partial charge in [-0.1, -0.05) is 0 Å². The second kappa shape index (κ2) is 7.41. The molecule has 8 heteroatoms. The molecule has 1 rings (SSSR count). The fourth-order valence-electron chi connectivity index (χ4n) is 1.32. The van der Waals surface area contributed by atoms with Crippen LogP contribution in [-0.4, -0.2) is 56.1 Å². The Morgan fingerprint density at radius 2 is 1.79 bits per heavy atom. The van der Waals surface area contributed by atoms with Crippen LogP contribution < -0.4 is 10.0 Å². The molecule has 1 aromatic carbocycles. The van der Waals surface area contributed by atoms with E-state index in [2.05, 4.69) is 10.0 Å². The van der Waals surface area contributed by atoms with Crippen LogP contribution in [0.1, 0.15) is 0 Å². The number of nitrogens with one attached hydrogen (secondary N) is 2. The van der Waals surface area contributed by atoms with Gasteiger partial charge in [0.15, 0.2) is 0 Å². The zero-order valence-electron chi connectivity index (χ0n) is 10.3. The van der Waals surface area contributed by atoms with Crippen LogP contribution in [0.3, 0.4) is 0 Å². The van der Waals surface area contributed by atoms with E-state index in [1.165, 1.54) is 12.1 Å². The minimum absolute atomic E-state index is 0.0367. The first-order chi connectivity index (χ1) is 8.99. The molecule has 0 heterocycles. The molecule has 1 aromatic rings. The Balaban J connectivity index is 2.65. The van der Waals surface area contributed by atoms with Crippen molar-refractivity contribution < 1.29 is 23.7 Å². The molecular formula is C11H18N2O5S. The summed E-state index contributed by atoms with van der Waals surface area (Å²) < 4.78 is 25.6. The average molecular weight is 290 g/mol. The molecule has 0 saturated heterocycles. The predicted octanol–water partition coefficient (Wildman–Crippen LogP) is -1.28. The number of sulfonamides is 1. The lowest BCUT2D eigenvalue weighted by molar-refractivity contribution is 0.105. The van der Waals surface area contributed by atoms with E-state index >= 15 is 0 Å². The van der Waals surface area contributed by atoms with E-state index in [4.69, 9.17) is 15.3 Å². The third-order valence-corrected chi connectivity index (χ3v) is 3.80. The van der Waals surface area contributed by atoms with Gasteiger partial charge in [0.1, 0.15) is 0 Å². The second-order valence-electron chi connectivity index (χ2n) is 3.86. The van der Waals surface area contributed by atoms with Crippen LogP contribution in [0.2, 0.25) is 0 Å². The van der Waals surface area contributed by atoms with Crippen molar-refractivity contribution in [3.8, 4) is 0 Å². The molecule has 0 spiro atoms. The van der Waals surface area contributed by atoms with Crippen molar-refractivity contribution in [2.75, 3.05) is 31.6 Å². The van der Waals surface area contributed by atoms with Crippen LogP contribution in [0.4, 0.5) is 5.69 Å². The van der Waals surface area contributed by atoms with Gasteiger partial charge in [-0.3, -0.25) is 0 Å². The molecule has 0 fully saturated rings. The fraction of sp³-hybridized carbons (Fsp3) is 0.455. The number of hydrogen-bond donors (Lipinski definition) is 5.